The molecule has 3 nitrogen and oxygen atoms in total. The van der Waals surface area contributed by atoms with Crippen molar-refractivity contribution in [3.63, 3.8) is 0 Å². The molecule has 0 aliphatic rings. The molecule has 2 aromatic rings. The summed E-state index contributed by atoms with van der Waals surface area (Å²) in [6.07, 6.45) is 0. The molecule has 0 radical (unpaired) electrons. The van der Waals surface area contributed by atoms with E-state index < -0.39 is 0 Å². The van der Waals surface area contributed by atoms with Crippen LogP contribution in [0.2, 0.25) is 10.0 Å². The Labute approximate surface area is 121 Å². The summed E-state index contributed by atoms with van der Waals surface area (Å²) in [6.45, 7) is 0. The first kappa shape index (κ1) is 13.7. The first-order chi connectivity index (χ1) is 8.99. The molecule has 0 aliphatic carbocycles. The van der Waals surface area contributed by atoms with Crippen molar-refractivity contribution in [1.82, 2.24) is 0 Å². The van der Waals surface area contributed by atoms with Gasteiger partial charge >= 0.3 is 0 Å². The van der Waals surface area contributed by atoms with E-state index in [1.165, 1.54) is 4.90 Å². The van der Waals surface area contributed by atoms with E-state index in [1.807, 2.05) is 12.1 Å². The minimum atomic E-state index is -0.220. The lowest BCUT2D eigenvalue weighted by Gasteiger charge is -2.19. The Bertz CT molecular complexity index is 608. The maximum Gasteiger partial charge on any atom is 0.258 e. The van der Waals surface area contributed by atoms with Crippen LogP contribution >= 0.6 is 23.2 Å². The Morgan fingerprint density at radius 2 is 1.68 bits per heavy atom. The third-order valence-corrected chi connectivity index (χ3v) is 3.15. The zero-order valence-corrected chi connectivity index (χ0v) is 11.7. The molecule has 0 spiro atoms. The van der Waals surface area contributed by atoms with Gasteiger partial charge in [0.2, 0.25) is 0 Å². The number of nitrogens with zero attached hydrogens (tertiary/aromatic N) is 1. The fourth-order valence-electron chi connectivity index (χ4n) is 1.77. The molecule has 2 N–H and O–H groups in total. The van der Waals surface area contributed by atoms with Crippen LogP contribution in [0.5, 0.6) is 0 Å². The van der Waals surface area contributed by atoms with E-state index in [4.69, 9.17) is 28.9 Å². The summed E-state index contributed by atoms with van der Waals surface area (Å²) < 4.78 is 0. The van der Waals surface area contributed by atoms with E-state index in [9.17, 15) is 4.79 Å². The molecule has 0 unspecified atom stereocenters. The van der Waals surface area contributed by atoms with Crippen LogP contribution in [0.3, 0.4) is 0 Å². The minimum Gasteiger partial charge on any atom is -0.397 e. The fourth-order valence-corrected chi connectivity index (χ4v) is 2.30. The van der Waals surface area contributed by atoms with Crippen LogP contribution in [0.1, 0.15) is 10.4 Å². The summed E-state index contributed by atoms with van der Waals surface area (Å²) in [6, 6.07) is 11.9. The fraction of sp³-hybridized carbons (Fsp3) is 0.0714. The van der Waals surface area contributed by atoms with Gasteiger partial charge in [-0.25, -0.2) is 0 Å². The van der Waals surface area contributed by atoms with Gasteiger partial charge in [0.15, 0.2) is 0 Å². The number of nitrogen functional groups attached to an aromatic ring is 1. The van der Waals surface area contributed by atoms with Gasteiger partial charge in [0, 0.05) is 22.7 Å². The second-order valence-electron chi connectivity index (χ2n) is 4.08. The van der Waals surface area contributed by atoms with Crippen molar-refractivity contribution >= 4 is 40.5 Å². The number of anilines is 2. The summed E-state index contributed by atoms with van der Waals surface area (Å²) in [5, 5.41) is 0.843. The van der Waals surface area contributed by atoms with Gasteiger partial charge in [-0.2, -0.15) is 0 Å². The van der Waals surface area contributed by atoms with Crippen molar-refractivity contribution in [2.24, 2.45) is 0 Å². The molecule has 0 atom stereocenters. The van der Waals surface area contributed by atoms with Crippen molar-refractivity contribution in [3.8, 4) is 0 Å². The summed E-state index contributed by atoms with van der Waals surface area (Å²) in [4.78, 5) is 13.8. The number of nitrogens with two attached hydrogens (primary N) is 1. The second kappa shape index (κ2) is 5.51. The van der Waals surface area contributed by atoms with Gasteiger partial charge < -0.3 is 10.6 Å². The number of hydrogen-bond acceptors (Lipinski definition) is 2. The van der Waals surface area contributed by atoms with Gasteiger partial charge in [0.1, 0.15) is 0 Å². The topological polar surface area (TPSA) is 46.3 Å². The lowest BCUT2D eigenvalue weighted by atomic mass is 10.2. The molecule has 2 aromatic carbocycles. The molecular formula is C14H12Cl2N2O. The van der Waals surface area contributed by atoms with Crippen LogP contribution in [-0.4, -0.2) is 13.0 Å². The standard InChI is InChI=1S/C14H12Cl2N2O/c1-18(13-5-3-2-4-12(13)17)14(19)9-6-10(15)8-11(16)7-9/h2-8H,17H2,1H3. The monoisotopic (exact) mass is 294 g/mol. The SMILES string of the molecule is CN(C(=O)c1cc(Cl)cc(Cl)c1)c1ccccc1N. The number of hydrogen-bond donors (Lipinski definition) is 1. The molecule has 0 saturated heterocycles. The average Bonchev–Trinajstić information content (AvgIpc) is 2.36. The largest absolute Gasteiger partial charge is 0.397 e. The minimum absolute atomic E-state index is 0.220. The number of amides is 1. The number of para-hydroxylation sites is 2. The van der Waals surface area contributed by atoms with E-state index >= 15 is 0 Å². The van der Waals surface area contributed by atoms with Crippen molar-refractivity contribution in [2.75, 3.05) is 17.7 Å². The van der Waals surface area contributed by atoms with Gasteiger partial charge in [-0.1, -0.05) is 35.3 Å². The summed E-state index contributed by atoms with van der Waals surface area (Å²) in [7, 11) is 1.66. The van der Waals surface area contributed by atoms with E-state index in [0.717, 1.165) is 0 Å². The number of carbonyl (C=O) groups excluding carboxylic acids is 1. The van der Waals surface area contributed by atoms with Crippen LogP contribution in [0.4, 0.5) is 11.4 Å². The Morgan fingerprint density at radius 1 is 1.11 bits per heavy atom. The summed E-state index contributed by atoms with van der Waals surface area (Å²) in [5.74, 6) is -0.220. The molecule has 2 rings (SSSR count). The number of benzene rings is 2. The summed E-state index contributed by atoms with van der Waals surface area (Å²) in [5.41, 5.74) is 7.45. The molecule has 0 aliphatic heterocycles. The number of carbonyl (C=O) groups is 1. The molecule has 0 fully saturated rings. The molecule has 19 heavy (non-hydrogen) atoms. The van der Waals surface area contributed by atoms with Gasteiger partial charge in [-0.3, -0.25) is 4.79 Å². The first-order valence-electron chi connectivity index (χ1n) is 5.57. The molecule has 0 saturated carbocycles. The predicted molar refractivity (Wildman–Crippen MR) is 80.0 cm³/mol. The van der Waals surface area contributed by atoms with Crippen LogP contribution in [0.25, 0.3) is 0 Å². The predicted octanol–water partition coefficient (Wildman–Crippen LogP) is 3.85. The normalized spacial score (nSPS) is 10.3. The Kier molecular flexibility index (Phi) is 3.98. The quantitative estimate of drug-likeness (QED) is 0.855. The third kappa shape index (κ3) is 3.00. The average molecular weight is 295 g/mol. The van der Waals surface area contributed by atoms with Gasteiger partial charge in [0.25, 0.3) is 5.91 Å². The van der Waals surface area contributed by atoms with E-state index in [-0.39, 0.29) is 5.91 Å². The van der Waals surface area contributed by atoms with E-state index in [2.05, 4.69) is 0 Å². The molecule has 0 aromatic heterocycles. The Morgan fingerprint density at radius 3 is 2.26 bits per heavy atom. The lowest BCUT2D eigenvalue weighted by molar-refractivity contribution is 0.0993. The molecule has 1 amide bonds. The van der Waals surface area contributed by atoms with Crippen LogP contribution in [0.15, 0.2) is 42.5 Å². The molecule has 98 valence electrons. The van der Waals surface area contributed by atoms with Crippen molar-refractivity contribution in [2.45, 2.75) is 0 Å². The number of halogens is 2. The zero-order chi connectivity index (χ0) is 14.0. The first-order valence-corrected chi connectivity index (χ1v) is 6.33. The van der Waals surface area contributed by atoms with Gasteiger partial charge in [-0.05, 0) is 30.3 Å². The van der Waals surface area contributed by atoms with E-state index in [0.29, 0.717) is 27.0 Å². The third-order valence-electron chi connectivity index (χ3n) is 2.71. The summed E-state index contributed by atoms with van der Waals surface area (Å²) >= 11 is 11.8. The Hall–Kier alpha value is -1.71. The smallest absolute Gasteiger partial charge is 0.258 e. The van der Waals surface area contributed by atoms with Crippen LogP contribution in [0, 0.1) is 0 Å². The van der Waals surface area contributed by atoms with Gasteiger partial charge in [-0.15, -0.1) is 0 Å². The van der Waals surface area contributed by atoms with Crippen molar-refractivity contribution < 1.29 is 4.79 Å². The molecular weight excluding hydrogens is 283 g/mol. The van der Waals surface area contributed by atoms with Crippen molar-refractivity contribution in [1.29, 1.82) is 0 Å². The van der Waals surface area contributed by atoms with Crippen LogP contribution in [-0.2, 0) is 0 Å². The lowest BCUT2D eigenvalue weighted by Crippen LogP contribution is -2.27. The molecule has 0 bridgehead atoms. The highest BCUT2D eigenvalue weighted by molar-refractivity contribution is 6.35. The van der Waals surface area contributed by atoms with Crippen molar-refractivity contribution in [3.05, 3.63) is 58.1 Å². The highest BCUT2D eigenvalue weighted by Crippen LogP contribution is 2.25. The molecule has 0 heterocycles. The highest BCUT2D eigenvalue weighted by atomic mass is 35.5. The maximum absolute atomic E-state index is 12.4. The highest BCUT2D eigenvalue weighted by Gasteiger charge is 2.16. The van der Waals surface area contributed by atoms with E-state index in [1.54, 1.807) is 37.4 Å². The number of rotatable bonds is 2. The molecule has 5 heteroatoms. The second-order valence-corrected chi connectivity index (χ2v) is 4.95. The Balaban J connectivity index is 2.36. The zero-order valence-electron chi connectivity index (χ0n) is 10.2. The van der Waals surface area contributed by atoms with Gasteiger partial charge in [0.05, 0.1) is 11.4 Å². The van der Waals surface area contributed by atoms with Crippen LogP contribution < -0.4 is 10.6 Å². The maximum atomic E-state index is 12.4.